The van der Waals surface area contributed by atoms with Crippen LogP contribution >= 0.6 is 23.2 Å². The highest BCUT2D eigenvalue weighted by Crippen LogP contribution is 2.26. The van der Waals surface area contributed by atoms with Gasteiger partial charge in [0.15, 0.2) is 0 Å². The minimum atomic E-state index is -0.202. The van der Waals surface area contributed by atoms with Crippen molar-refractivity contribution in [2.24, 2.45) is 0 Å². The first-order valence-corrected chi connectivity index (χ1v) is 8.75. The van der Waals surface area contributed by atoms with Gasteiger partial charge < -0.3 is 15.0 Å². The maximum absolute atomic E-state index is 12.3. The second kappa shape index (κ2) is 8.39. The molecule has 1 fully saturated rings. The lowest BCUT2D eigenvalue weighted by Crippen LogP contribution is -2.36. The fourth-order valence-corrected chi connectivity index (χ4v) is 2.93. The molecule has 130 valence electrons. The largest absolute Gasteiger partial charge is 0.378 e. The van der Waals surface area contributed by atoms with Gasteiger partial charge in [-0.2, -0.15) is 0 Å². The summed E-state index contributed by atoms with van der Waals surface area (Å²) in [6, 6.07) is 13.0. The molecule has 4 nitrogen and oxygen atoms in total. The standard InChI is InChI=1S/C19H18Cl2N2O2/c20-15-7-5-14(13-16(15)21)6-8-19(24)22-17-3-1-2-4-18(17)23-9-11-25-12-10-23/h1-8,13H,9-12H2,(H,22,24)/b8-6+. The number of ether oxygens (including phenoxy) is 1. The van der Waals surface area contributed by atoms with E-state index in [0.717, 1.165) is 30.0 Å². The molecule has 1 heterocycles. The van der Waals surface area contributed by atoms with Crippen molar-refractivity contribution in [1.82, 2.24) is 0 Å². The minimum absolute atomic E-state index is 0.202. The Morgan fingerprint density at radius 1 is 1.08 bits per heavy atom. The lowest BCUT2D eigenvalue weighted by atomic mass is 10.2. The van der Waals surface area contributed by atoms with Crippen LogP contribution in [0.3, 0.4) is 0 Å². The van der Waals surface area contributed by atoms with Crippen LogP contribution in [0.1, 0.15) is 5.56 Å². The molecular formula is C19H18Cl2N2O2. The van der Waals surface area contributed by atoms with Crippen LogP contribution in [0.15, 0.2) is 48.5 Å². The third-order valence-electron chi connectivity index (χ3n) is 3.88. The molecule has 2 aromatic carbocycles. The Balaban J connectivity index is 1.70. The average Bonchev–Trinajstić information content (AvgIpc) is 2.64. The van der Waals surface area contributed by atoms with E-state index >= 15 is 0 Å². The molecule has 0 spiro atoms. The maximum Gasteiger partial charge on any atom is 0.248 e. The first-order chi connectivity index (χ1) is 12.1. The van der Waals surface area contributed by atoms with Crippen molar-refractivity contribution in [2.75, 3.05) is 36.5 Å². The predicted octanol–water partition coefficient (Wildman–Crippen LogP) is 4.48. The van der Waals surface area contributed by atoms with Gasteiger partial charge in [-0.1, -0.05) is 41.4 Å². The number of benzene rings is 2. The lowest BCUT2D eigenvalue weighted by molar-refractivity contribution is -0.111. The molecule has 1 aliphatic heterocycles. The van der Waals surface area contributed by atoms with Crippen molar-refractivity contribution >= 4 is 46.6 Å². The summed E-state index contributed by atoms with van der Waals surface area (Å²) in [4.78, 5) is 14.5. The lowest BCUT2D eigenvalue weighted by Gasteiger charge is -2.30. The molecular weight excluding hydrogens is 359 g/mol. The van der Waals surface area contributed by atoms with Crippen LogP contribution in [0.2, 0.25) is 10.0 Å². The molecule has 6 heteroatoms. The third-order valence-corrected chi connectivity index (χ3v) is 4.62. The van der Waals surface area contributed by atoms with Crippen molar-refractivity contribution in [3.8, 4) is 0 Å². The Hall–Kier alpha value is -2.01. The number of amides is 1. The number of halogens is 2. The highest BCUT2D eigenvalue weighted by atomic mass is 35.5. The molecule has 0 radical (unpaired) electrons. The number of rotatable bonds is 4. The summed E-state index contributed by atoms with van der Waals surface area (Å²) in [6.45, 7) is 3.01. The molecule has 3 rings (SSSR count). The SMILES string of the molecule is O=C(/C=C/c1ccc(Cl)c(Cl)c1)Nc1ccccc1N1CCOCC1. The van der Waals surface area contributed by atoms with E-state index in [1.54, 1.807) is 24.3 Å². The van der Waals surface area contributed by atoms with Gasteiger partial charge in [-0.3, -0.25) is 4.79 Å². The van der Waals surface area contributed by atoms with Gasteiger partial charge in [-0.25, -0.2) is 0 Å². The summed E-state index contributed by atoms with van der Waals surface area (Å²) in [7, 11) is 0. The average molecular weight is 377 g/mol. The van der Waals surface area contributed by atoms with E-state index in [0.29, 0.717) is 23.3 Å². The number of hydrogen-bond donors (Lipinski definition) is 1. The van der Waals surface area contributed by atoms with E-state index in [9.17, 15) is 4.79 Å². The number of hydrogen-bond acceptors (Lipinski definition) is 3. The van der Waals surface area contributed by atoms with E-state index in [2.05, 4.69) is 10.2 Å². The zero-order chi connectivity index (χ0) is 17.6. The fraction of sp³-hybridized carbons (Fsp3) is 0.211. The van der Waals surface area contributed by atoms with Crippen molar-refractivity contribution in [1.29, 1.82) is 0 Å². The summed E-state index contributed by atoms with van der Waals surface area (Å²) in [5, 5.41) is 3.89. The molecule has 25 heavy (non-hydrogen) atoms. The number of nitrogens with one attached hydrogen (secondary N) is 1. The molecule has 0 aliphatic carbocycles. The Kier molecular flexibility index (Phi) is 5.97. The predicted molar refractivity (Wildman–Crippen MR) is 104 cm³/mol. The van der Waals surface area contributed by atoms with Crippen LogP contribution in [0.25, 0.3) is 6.08 Å². The molecule has 1 aliphatic rings. The summed E-state index contributed by atoms with van der Waals surface area (Å²) in [5.74, 6) is -0.202. The van der Waals surface area contributed by atoms with Crippen molar-refractivity contribution in [3.05, 3.63) is 64.1 Å². The monoisotopic (exact) mass is 376 g/mol. The Bertz CT molecular complexity index is 787. The quantitative estimate of drug-likeness (QED) is 0.799. The molecule has 1 amide bonds. The van der Waals surface area contributed by atoms with Crippen LogP contribution in [-0.2, 0) is 9.53 Å². The molecule has 0 saturated carbocycles. The number of anilines is 2. The van der Waals surface area contributed by atoms with Gasteiger partial charge in [0.25, 0.3) is 0 Å². The summed E-state index contributed by atoms with van der Waals surface area (Å²) in [6.07, 6.45) is 3.19. The number of morpholine rings is 1. The van der Waals surface area contributed by atoms with Crippen LogP contribution in [0.4, 0.5) is 11.4 Å². The molecule has 0 unspecified atom stereocenters. The van der Waals surface area contributed by atoms with E-state index in [1.807, 2.05) is 24.3 Å². The Labute approximate surface area is 157 Å². The van der Waals surface area contributed by atoms with Gasteiger partial charge in [-0.15, -0.1) is 0 Å². The molecule has 2 aromatic rings. The maximum atomic E-state index is 12.3. The van der Waals surface area contributed by atoms with Crippen molar-refractivity contribution in [2.45, 2.75) is 0 Å². The highest BCUT2D eigenvalue weighted by molar-refractivity contribution is 6.42. The van der Waals surface area contributed by atoms with E-state index in [-0.39, 0.29) is 5.91 Å². The number of carbonyl (C=O) groups is 1. The van der Waals surface area contributed by atoms with Crippen LogP contribution < -0.4 is 10.2 Å². The summed E-state index contributed by atoms with van der Waals surface area (Å²) in [5.41, 5.74) is 2.60. The summed E-state index contributed by atoms with van der Waals surface area (Å²) < 4.78 is 5.39. The Morgan fingerprint density at radius 2 is 1.84 bits per heavy atom. The number of para-hydroxylation sites is 2. The van der Waals surface area contributed by atoms with Gasteiger partial charge in [-0.05, 0) is 35.9 Å². The van der Waals surface area contributed by atoms with Gasteiger partial charge in [0, 0.05) is 19.2 Å². The first kappa shape index (κ1) is 17.8. The van der Waals surface area contributed by atoms with E-state index in [4.69, 9.17) is 27.9 Å². The second-order valence-electron chi connectivity index (χ2n) is 5.61. The Morgan fingerprint density at radius 3 is 2.60 bits per heavy atom. The third kappa shape index (κ3) is 4.75. The molecule has 1 N–H and O–H groups in total. The molecule has 0 atom stereocenters. The zero-order valence-corrected chi connectivity index (χ0v) is 15.1. The van der Waals surface area contributed by atoms with E-state index < -0.39 is 0 Å². The van der Waals surface area contributed by atoms with Crippen LogP contribution in [0, 0.1) is 0 Å². The van der Waals surface area contributed by atoms with Crippen molar-refractivity contribution < 1.29 is 9.53 Å². The fourth-order valence-electron chi connectivity index (χ4n) is 2.62. The van der Waals surface area contributed by atoms with Gasteiger partial charge in [0.05, 0.1) is 34.6 Å². The molecule has 0 bridgehead atoms. The zero-order valence-electron chi connectivity index (χ0n) is 13.5. The minimum Gasteiger partial charge on any atom is -0.378 e. The number of nitrogens with zero attached hydrogens (tertiary/aromatic N) is 1. The van der Waals surface area contributed by atoms with Gasteiger partial charge >= 0.3 is 0 Å². The molecule has 0 aromatic heterocycles. The second-order valence-corrected chi connectivity index (χ2v) is 6.43. The molecule has 1 saturated heterocycles. The van der Waals surface area contributed by atoms with Gasteiger partial charge in [0.2, 0.25) is 5.91 Å². The summed E-state index contributed by atoms with van der Waals surface area (Å²) >= 11 is 11.9. The normalized spacial score (nSPS) is 14.7. The smallest absolute Gasteiger partial charge is 0.248 e. The first-order valence-electron chi connectivity index (χ1n) is 7.99. The van der Waals surface area contributed by atoms with E-state index in [1.165, 1.54) is 6.08 Å². The van der Waals surface area contributed by atoms with Crippen LogP contribution in [-0.4, -0.2) is 32.2 Å². The topological polar surface area (TPSA) is 41.6 Å². The van der Waals surface area contributed by atoms with Crippen LogP contribution in [0.5, 0.6) is 0 Å². The number of carbonyl (C=O) groups excluding carboxylic acids is 1. The van der Waals surface area contributed by atoms with Gasteiger partial charge in [0.1, 0.15) is 0 Å². The van der Waals surface area contributed by atoms with Crippen molar-refractivity contribution in [3.63, 3.8) is 0 Å². The highest BCUT2D eigenvalue weighted by Gasteiger charge is 2.15.